The molecule has 0 aliphatic heterocycles. The Morgan fingerprint density at radius 1 is 1.23 bits per heavy atom. The molecule has 0 radical (unpaired) electrons. The van der Waals surface area contributed by atoms with Crippen LogP contribution in [-0.4, -0.2) is 24.5 Å². The average molecular weight is 405 g/mol. The molecule has 1 aromatic carbocycles. The van der Waals surface area contributed by atoms with Crippen molar-refractivity contribution < 1.29 is 0 Å². The van der Waals surface area contributed by atoms with E-state index >= 15 is 0 Å². The third-order valence-corrected chi connectivity index (χ3v) is 6.62. The van der Waals surface area contributed by atoms with Crippen LogP contribution < -0.4 is 5.73 Å². The van der Waals surface area contributed by atoms with E-state index in [1.54, 1.807) is 11.3 Å². The monoisotopic (exact) mass is 404 g/mol. The number of imidazole rings is 1. The number of nitrogens with two attached hydrogens (primary N) is 1. The van der Waals surface area contributed by atoms with E-state index in [-0.39, 0.29) is 0 Å². The number of halogens is 1. The number of aryl methyl sites for hydroxylation is 1. The molecule has 0 saturated carbocycles. The van der Waals surface area contributed by atoms with Crippen molar-refractivity contribution in [2.24, 2.45) is 0 Å². The lowest BCUT2D eigenvalue weighted by atomic mass is 10.2. The van der Waals surface area contributed by atoms with E-state index in [2.05, 4.69) is 31.4 Å². The van der Waals surface area contributed by atoms with Crippen LogP contribution in [0.3, 0.4) is 0 Å². The van der Waals surface area contributed by atoms with Crippen molar-refractivity contribution in [2.45, 2.75) is 42.2 Å². The first kappa shape index (κ1) is 17.5. The largest absolute Gasteiger partial charge is 0.382 e. The Balaban J connectivity index is 1.75. The minimum atomic E-state index is 0.401. The smallest absolute Gasteiger partial charge is 0.177 e. The van der Waals surface area contributed by atoms with Crippen LogP contribution in [0.2, 0.25) is 5.02 Å². The van der Waals surface area contributed by atoms with Crippen LogP contribution in [0.25, 0.3) is 21.4 Å². The van der Waals surface area contributed by atoms with Gasteiger partial charge in [0.2, 0.25) is 0 Å². The first-order valence-corrected chi connectivity index (χ1v) is 10.4. The van der Waals surface area contributed by atoms with Crippen LogP contribution in [0, 0.1) is 0 Å². The summed E-state index contributed by atoms with van der Waals surface area (Å²) in [6.45, 7) is 3.03. The molecule has 3 aromatic heterocycles. The Morgan fingerprint density at radius 3 is 2.92 bits per heavy atom. The van der Waals surface area contributed by atoms with Crippen LogP contribution >= 0.6 is 34.7 Å². The van der Waals surface area contributed by atoms with Crippen LogP contribution in [0.15, 0.2) is 34.0 Å². The van der Waals surface area contributed by atoms with E-state index in [0.717, 1.165) is 56.2 Å². The molecule has 134 valence electrons. The zero-order valence-electron chi connectivity index (χ0n) is 14.1. The van der Waals surface area contributed by atoms with Crippen LogP contribution in [0.5, 0.6) is 0 Å². The van der Waals surface area contributed by atoms with Gasteiger partial charge in [0.15, 0.2) is 26.5 Å². The number of benzene rings is 1. The van der Waals surface area contributed by atoms with Crippen molar-refractivity contribution in [3.8, 4) is 0 Å². The summed E-state index contributed by atoms with van der Waals surface area (Å²) >= 11 is 9.37. The number of unbranched alkanes of at least 4 members (excludes halogenated alkanes) is 2. The molecule has 0 aliphatic carbocycles. The summed E-state index contributed by atoms with van der Waals surface area (Å²) in [7, 11) is 0. The summed E-state index contributed by atoms with van der Waals surface area (Å²) in [5.74, 6) is 0.401. The van der Waals surface area contributed by atoms with E-state index < -0.39 is 0 Å². The van der Waals surface area contributed by atoms with E-state index in [9.17, 15) is 0 Å². The topological polar surface area (TPSA) is 82.5 Å². The first-order chi connectivity index (χ1) is 12.7. The summed E-state index contributed by atoms with van der Waals surface area (Å²) in [6, 6.07) is 5.76. The second kappa shape index (κ2) is 7.38. The van der Waals surface area contributed by atoms with Gasteiger partial charge >= 0.3 is 0 Å². The molecule has 0 saturated heterocycles. The van der Waals surface area contributed by atoms with Gasteiger partial charge < -0.3 is 10.3 Å². The molecule has 0 aliphatic rings. The minimum Gasteiger partial charge on any atom is -0.382 e. The fourth-order valence-electron chi connectivity index (χ4n) is 2.75. The first-order valence-electron chi connectivity index (χ1n) is 8.37. The minimum absolute atomic E-state index is 0.401. The number of hydrogen-bond donors (Lipinski definition) is 1. The zero-order chi connectivity index (χ0) is 18.1. The van der Waals surface area contributed by atoms with Gasteiger partial charge in [-0.3, -0.25) is 0 Å². The Morgan fingerprint density at radius 2 is 2.12 bits per heavy atom. The van der Waals surface area contributed by atoms with Gasteiger partial charge in [0.25, 0.3) is 0 Å². The van der Waals surface area contributed by atoms with Gasteiger partial charge in [0.1, 0.15) is 6.33 Å². The normalized spacial score (nSPS) is 11.6. The van der Waals surface area contributed by atoms with E-state index in [4.69, 9.17) is 17.3 Å². The highest BCUT2D eigenvalue weighted by Crippen LogP contribution is 2.38. The Hall–Kier alpha value is -1.90. The summed E-state index contributed by atoms with van der Waals surface area (Å²) in [6.07, 6.45) is 4.86. The highest BCUT2D eigenvalue weighted by molar-refractivity contribution is 8.01. The lowest BCUT2D eigenvalue weighted by Crippen LogP contribution is -2.01. The molecular weight excluding hydrogens is 388 g/mol. The zero-order valence-corrected chi connectivity index (χ0v) is 16.5. The molecule has 4 aromatic rings. The van der Waals surface area contributed by atoms with Gasteiger partial charge in [-0.15, -0.1) is 11.3 Å². The van der Waals surface area contributed by atoms with Gasteiger partial charge in [0.05, 0.1) is 15.2 Å². The Kier molecular flexibility index (Phi) is 4.97. The number of anilines is 1. The fourth-order valence-corrected chi connectivity index (χ4v) is 5.10. The second-order valence-corrected chi connectivity index (χ2v) is 8.47. The highest BCUT2D eigenvalue weighted by atomic mass is 35.5. The van der Waals surface area contributed by atoms with Gasteiger partial charge in [-0.05, 0) is 30.3 Å². The predicted octanol–water partition coefficient (Wildman–Crippen LogP) is 5.01. The molecule has 0 spiro atoms. The molecule has 0 fully saturated rings. The summed E-state index contributed by atoms with van der Waals surface area (Å²) in [5.41, 5.74) is 8.32. The molecule has 0 bridgehead atoms. The van der Waals surface area contributed by atoms with Crippen LogP contribution in [-0.2, 0) is 6.54 Å². The summed E-state index contributed by atoms with van der Waals surface area (Å²) in [5, 5.41) is 1.55. The molecule has 4 rings (SSSR count). The number of fused-ring (bicyclic) bond motifs is 2. The number of rotatable bonds is 6. The third-order valence-electron chi connectivity index (χ3n) is 4.04. The van der Waals surface area contributed by atoms with Gasteiger partial charge in [0, 0.05) is 6.54 Å². The van der Waals surface area contributed by atoms with E-state index in [1.165, 1.54) is 18.1 Å². The van der Waals surface area contributed by atoms with Gasteiger partial charge in [-0.2, -0.15) is 0 Å². The molecule has 0 unspecified atom stereocenters. The summed E-state index contributed by atoms with van der Waals surface area (Å²) in [4.78, 5) is 17.8. The van der Waals surface area contributed by atoms with Crippen molar-refractivity contribution in [3.05, 3.63) is 29.5 Å². The lowest BCUT2D eigenvalue weighted by molar-refractivity contribution is 0.575. The summed E-state index contributed by atoms with van der Waals surface area (Å²) < 4.78 is 4.00. The molecule has 2 N–H and O–H groups in total. The molecular formula is C17H17ClN6S2. The van der Waals surface area contributed by atoms with Crippen molar-refractivity contribution in [3.63, 3.8) is 0 Å². The number of aromatic nitrogens is 5. The van der Waals surface area contributed by atoms with E-state index in [0.29, 0.717) is 11.3 Å². The number of hydrogen-bond acceptors (Lipinski definition) is 7. The SMILES string of the molecule is CCCCCn1c(Sc2nc3cccc(Cl)c3s2)nc2c(N)ncnc21. The van der Waals surface area contributed by atoms with Crippen LogP contribution in [0.4, 0.5) is 5.82 Å². The van der Waals surface area contributed by atoms with Crippen molar-refractivity contribution in [1.82, 2.24) is 24.5 Å². The molecule has 0 atom stereocenters. The maximum atomic E-state index is 6.28. The number of nitrogen functional groups attached to an aromatic ring is 1. The standard InChI is InChI=1S/C17H17ClN6S2/c1-2-3-4-8-24-15-12(14(19)20-9-21-15)23-16(24)26-17-22-11-7-5-6-10(18)13(11)25-17/h5-7,9H,2-4,8H2,1H3,(H2,19,20,21). The van der Waals surface area contributed by atoms with Crippen molar-refractivity contribution in [2.75, 3.05) is 5.73 Å². The Labute approximate surface area is 163 Å². The maximum absolute atomic E-state index is 6.28. The number of nitrogens with zero attached hydrogens (tertiary/aromatic N) is 5. The van der Waals surface area contributed by atoms with E-state index in [1.807, 2.05) is 18.2 Å². The second-order valence-electron chi connectivity index (χ2n) is 5.85. The highest BCUT2D eigenvalue weighted by Gasteiger charge is 2.17. The molecule has 26 heavy (non-hydrogen) atoms. The maximum Gasteiger partial charge on any atom is 0.177 e. The third kappa shape index (κ3) is 3.24. The molecule has 3 heterocycles. The Bertz CT molecular complexity index is 1070. The molecule has 9 heteroatoms. The quantitative estimate of drug-likeness (QED) is 0.454. The predicted molar refractivity (Wildman–Crippen MR) is 108 cm³/mol. The van der Waals surface area contributed by atoms with Crippen molar-refractivity contribution in [1.29, 1.82) is 0 Å². The molecule has 0 amide bonds. The van der Waals surface area contributed by atoms with Gasteiger partial charge in [-0.25, -0.2) is 19.9 Å². The number of thiazole rings is 1. The molecule has 6 nitrogen and oxygen atoms in total. The van der Waals surface area contributed by atoms with Crippen molar-refractivity contribution >= 4 is 61.9 Å². The van der Waals surface area contributed by atoms with Crippen LogP contribution in [0.1, 0.15) is 26.2 Å². The average Bonchev–Trinajstić information content (AvgIpc) is 3.19. The lowest BCUT2D eigenvalue weighted by Gasteiger charge is -2.06. The van der Waals surface area contributed by atoms with Gasteiger partial charge in [-0.1, -0.05) is 37.4 Å². The fraction of sp³-hybridized carbons (Fsp3) is 0.294.